The van der Waals surface area contributed by atoms with E-state index in [0.29, 0.717) is 0 Å². The van der Waals surface area contributed by atoms with E-state index in [4.69, 9.17) is 9.47 Å². The maximum atomic E-state index is 11.5. The van der Waals surface area contributed by atoms with Crippen molar-refractivity contribution < 1.29 is 14.3 Å². The van der Waals surface area contributed by atoms with E-state index in [9.17, 15) is 4.79 Å². The predicted octanol–water partition coefficient (Wildman–Crippen LogP) is 1.61. The molecule has 1 saturated heterocycles. The lowest BCUT2D eigenvalue weighted by Gasteiger charge is -2.23. The van der Waals surface area contributed by atoms with Gasteiger partial charge >= 0.3 is 6.09 Å². The van der Waals surface area contributed by atoms with Crippen LogP contribution in [0.4, 0.5) is 4.79 Å². The molecule has 84 valence electrons. The largest absolute Gasteiger partial charge is 0.444 e. The van der Waals surface area contributed by atoms with Crippen LogP contribution in [0, 0.1) is 0 Å². The van der Waals surface area contributed by atoms with Crippen LogP contribution in [0.15, 0.2) is 12.2 Å². The van der Waals surface area contributed by atoms with Gasteiger partial charge in [-0.3, -0.25) is 0 Å². The number of hydrogen-bond acceptors (Lipinski definition) is 3. The summed E-state index contributed by atoms with van der Waals surface area (Å²) in [6, 6.07) is 0.0647. The van der Waals surface area contributed by atoms with Crippen molar-refractivity contribution in [2.45, 2.75) is 51.0 Å². The molecule has 2 rings (SSSR count). The molecule has 0 aliphatic carbocycles. The number of alkyl carbamates (subject to hydrolysis) is 1. The fraction of sp³-hybridized carbons (Fsp3) is 0.727. The Morgan fingerprint density at radius 2 is 2.20 bits per heavy atom. The molecule has 0 aromatic carbocycles. The van der Waals surface area contributed by atoms with Crippen molar-refractivity contribution in [2.24, 2.45) is 0 Å². The highest BCUT2D eigenvalue weighted by Crippen LogP contribution is 2.28. The molecule has 4 nitrogen and oxygen atoms in total. The van der Waals surface area contributed by atoms with Gasteiger partial charge in [-0.25, -0.2) is 4.79 Å². The molecule has 2 aliphatic rings. The van der Waals surface area contributed by atoms with Crippen molar-refractivity contribution in [3.05, 3.63) is 12.2 Å². The lowest BCUT2D eigenvalue weighted by atomic mass is 10.0. The number of rotatable bonds is 1. The zero-order valence-corrected chi connectivity index (χ0v) is 9.32. The molecular formula is C11H17NO3. The van der Waals surface area contributed by atoms with Crippen LogP contribution in [0.5, 0.6) is 0 Å². The Hall–Kier alpha value is -1.03. The smallest absolute Gasteiger partial charge is 0.407 e. The van der Waals surface area contributed by atoms with Crippen molar-refractivity contribution in [3.63, 3.8) is 0 Å². The van der Waals surface area contributed by atoms with Crippen molar-refractivity contribution in [3.8, 4) is 0 Å². The third kappa shape index (κ3) is 2.50. The van der Waals surface area contributed by atoms with Crippen LogP contribution in [0.25, 0.3) is 0 Å². The van der Waals surface area contributed by atoms with Gasteiger partial charge in [-0.2, -0.15) is 0 Å². The molecule has 2 aliphatic heterocycles. The number of fused-ring (bicyclic) bond motifs is 2. The molecule has 15 heavy (non-hydrogen) atoms. The second-order valence-corrected chi connectivity index (χ2v) is 5.01. The third-order valence-electron chi connectivity index (χ3n) is 2.43. The van der Waals surface area contributed by atoms with Crippen LogP contribution in [0.3, 0.4) is 0 Å². The Morgan fingerprint density at radius 1 is 1.47 bits per heavy atom. The van der Waals surface area contributed by atoms with Gasteiger partial charge in [0.2, 0.25) is 0 Å². The van der Waals surface area contributed by atoms with Gasteiger partial charge in [-0.1, -0.05) is 12.2 Å². The molecule has 0 aromatic heterocycles. The Labute approximate surface area is 89.6 Å². The fourth-order valence-electron chi connectivity index (χ4n) is 1.87. The van der Waals surface area contributed by atoms with E-state index in [2.05, 4.69) is 5.32 Å². The molecule has 3 unspecified atom stereocenters. The van der Waals surface area contributed by atoms with Gasteiger partial charge < -0.3 is 14.8 Å². The SMILES string of the molecule is CC(C)(C)OC(=O)NC1CC2C=CC1O2. The molecule has 2 bridgehead atoms. The summed E-state index contributed by atoms with van der Waals surface area (Å²) >= 11 is 0. The summed E-state index contributed by atoms with van der Waals surface area (Å²) < 4.78 is 10.7. The first-order chi connectivity index (χ1) is 6.94. The molecule has 1 fully saturated rings. The maximum absolute atomic E-state index is 11.5. The minimum absolute atomic E-state index is 0.0301. The topological polar surface area (TPSA) is 47.6 Å². The number of ether oxygens (including phenoxy) is 2. The molecule has 2 heterocycles. The van der Waals surface area contributed by atoms with Gasteiger partial charge in [-0.05, 0) is 20.8 Å². The van der Waals surface area contributed by atoms with Crippen molar-refractivity contribution in [1.29, 1.82) is 0 Å². The molecule has 3 atom stereocenters. The van der Waals surface area contributed by atoms with Crippen LogP contribution < -0.4 is 5.32 Å². The van der Waals surface area contributed by atoms with Crippen LogP contribution >= 0.6 is 0 Å². The first-order valence-electron chi connectivity index (χ1n) is 5.27. The van der Waals surface area contributed by atoms with E-state index in [1.165, 1.54) is 0 Å². The molecule has 0 radical (unpaired) electrons. The van der Waals surface area contributed by atoms with E-state index in [1.54, 1.807) is 0 Å². The summed E-state index contributed by atoms with van der Waals surface area (Å²) in [5, 5.41) is 2.83. The Bertz CT molecular complexity index is 293. The second-order valence-electron chi connectivity index (χ2n) is 5.01. The molecule has 4 heteroatoms. The summed E-state index contributed by atoms with van der Waals surface area (Å²) in [4.78, 5) is 11.5. The zero-order valence-electron chi connectivity index (χ0n) is 9.32. The average molecular weight is 211 g/mol. The van der Waals surface area contributed by atoms with E-state index in [0.717, 1.165) is 6.42 Å². The standard InChI is InChI=1S/C11H17NO3/c1-11(2,3)15-10(13)12-8-6-7-4-5-9(8)14-7/h4-5,7-9H,6H2,1-3H3,(H,12,13). The third-order valence-corrected chi connectivity index (χ3v) is 2.43. The molecule has 1 N–H and O–H groups in total. The summed E-state index contributed by atoms with van der Waals surface area (Å²) in [7, 11) is 0. The predicted molar refractivity (Wildman–Crippen MR) is 55.6 cm³/mol. The van der Waals surface area contributed by atoms with E-state index >= 15 is 0 Å². The van der Waals surface area contributed by atoms with Gasteiger partial charge in [0.05, 0.1) is 18.2 Å². The molecule has 0 saturated carbocycles. The zero-order chi connectivity index (χ0) is 11.1. The monoisotopic (exact) mass is 211 g/mol. The number of nitrogens with one attached hydrogen (secondary N) is 1. The summed E-state index contributed by atoms with van der Waals surface area (Å²) in [5.41, 5.74) is -0.446. The Kier molecular flexibility index (Phi) is 2.46. The number of carbonyl (C=O) groups is 1. The fourth-order valence-corrected chi connectivity index (χ4v) is 1.87. The molecule has 1 amide bonds. The minimum Gasteiger partial charge on any atom is -0.444 e. The molecule has 0 aromatic rings. The average Bonchev–Trinajstić information content (AvgIpc) is 2.60. The van der Waals surface area contributed by atoms with E-state index in [1.807, 2.05) is 32.9 Å². The Morgan fingerprint density at radius 3 is 2.67 bits per heavy atom. The van der Waals surface area contributed by atoms with E-state index in [-0.39, 0.29) is 24.3 Å². The molecule has 0 spiro atoms. The highest BCUT2D eigenvalue weighted by atomic mass is 16.6. The van der Waals surface area contributed by atoms with E-state index < -0.39 is 5.60 Å². The van der Waals surface area contributed by atoms with Crippen LogP contribution in [0.2, 0.25) is 0 Å². The second kappa shape index (κ2) is 3.52. The van der Waals surface area contributed by atoms with Gasteiger partial charge in [0.15, 0.2) is 0 Å². The highest BCUT2D eigenvalue weighted by molar-refractivity contribution is 5.68. The lowest BCUT2D eigenvalue weighted by molar-refractivity contribution is 0.0476. The van der Waals surface area contributed by atoms with Gasteiger partial charge in [0.25, 0.3) is 0 Å². The highest BCUT2D eigenvalue weighted by Gasteiger charge is 2.38. The number of amides is 1. The lowest BCUT2D eigenvalue weighted by Crippen LogP contribution is -2.43. The normalized spacial score (nSPS) is 33.1. The quantitative estimate of drug-likeness (QED) is 0.670. The van der Waals surface area contributed by atoms with Crippen molar-refractivity contribution in [1.82, 2.24) is 5.32 Å². The van der Waals surface area contributed by atoms with Crippen molar-refractivity contribution in [2.75, 3.05) is 0 Å². The summed E-state index contributed by atoms with van der Waals surface area (Å²) in [6.07, 6.45) is 4.73. The van der Waals surface area contributed by atoms with Gasteiger partial charge in [0, 0.05) is 6.42 Å². The van der Waals surface area contributed by atoms with Crippen molar-refractivity contribution >= 4 is 6.09 Å². The van der Waals surface area contributed by atoms with Gasteiger partial charge in [0.1, 0.15) is 5.60 Å². The Balaban J connectivity index is 1.83. The first kappa shape index (κ1) is 10.5. The number of hydrogen-bond donors (Lipinski definition) is 1. The maximum Gasteiger partial charge on any atom is 0.407 e. The van der Waals surface area contributed by atoms with Crippen LogP contribution in [0.1, 0.15) is 27.2 Å². The van der Waals surface area contributed by atoms with Crippen LogP contribution in [-0.4, -0.2) is 29.9 Å². The van der Waals surface area contributed by atoms with Crippen LogP contribution in [-0.2, 0) is 9.47 Å². The summed E-state index contributed by atoms with van der Waals surface area (Å²) in [5.74, 6) is 0. The van der Waals surface area contributed by atoms with Gasteiger partial charge in [-0.15, -0.1) is 0 Å². The first-order valence-corrected chi connectivity index (χ1v) is 5.27. The summed E-state index contributed by atoms with van der Waals surface area (Å²) in [6.45, 7) is 5.55. The molecular weight excluding hydrogens is 194 g/mol. The number of carbonyl (C=O) groups excluding carboxylic acids is 1. The minimum atomic E-state index is -0.446.